The minimum absolute atomic E-state index is 0.0537. The predicted molar refractivity (Wildman–Crippen MR) is 94.5 cm³/mol. The number of carbonyl (C=O) groups is 1. The molecule has 0 unspecified atom stereocenters. The molecule has 6 nitrogen and oxygen atoms in total. The summed E-state index contributed by atoms with van der Waals surface area (Å²) < 4.78 is 54.7. The second kappa shape index (κ2) is 6.92. The number of halogens is 2. The van der Waals surface area contributed by atoms with Crippen molar-refractivity contribution in [3.63, 3.8) is 0 Å². The summed E-state index contributed by atoms with van der Waals surface area (Å²) in [5, 5.41) is 0. The van der Waals surface area contributed by atoms with Crippen molar-refractivity contribution in [2.45, 2.75) is 18.7 Å². The highest BCUT2D eigenvalue weighted by atomic mass is 32.2. The van der Waals surface area contributed by atoms with Crippen molar-refractivity contribution in [2.24, 2.45) is 0 Å². The fourth-order valence-electron chi connectivity index (χ4n) is 2.62. The van der Waals surface area contributed by atoms with Gasteiger partial charge in [0.05, 0.1) is 16.2 Å². The van der Waals surface area contributed by atoms with Gasteiger partial charge in [-0.3, -0.25) is 4.79 Å². The van der Waals surface area contributed by atoms with E-state index in [9.17, 15) is 22.0 Å². The van der Waals surface area contributed by atoms with E-state index in [0.717, 1.165) is 12.1 Å². The van der Waals surface area contributed by atoms with Crippen molar-refractivity contribution in [2.75, 3.05) is 0 Å². The molecule has 0 aliphatic heterocycles. The van der Waals surface area contributed by atoms with E-state index in [-0.39, 0.29) is 22.1 Å². The first-order valence-corrected chi connectivity index (χ1v) is 9.33. The van der Waals surface area contributed by atoms with Crippen LogP contribution in [-0.2, 0) is 10.0 Å². The number of carbonyl (C=O) groups excluding carboxylic acids is 1. The maximum atomic E-state index is 14.0. The number of nitrogens with zero attached hydrogens (tertiary/aromatic N) is 1. The Labute approximate surface area is 154 Å². The molecule has 27 heavy (non-hydrogen) atoms. The zero-order valence-corrected chi connectivity index (χ0v) is 15.2. The fraction of sp³-hybridized carbons (Fsp3) is 0.111. The van der Waals surface area contributed by atoms with E-state index in [1.165, 1.54) is 25.1 Å². The van der Waals surface area contributed by atoms with E-state index in [4.69, 9.17) is 0 Å². The van der Waals surface area contributed by atoms with Gasteiger partial charge < -0.3 is 4.98 Å². The molecule has 0 spiro atoms. The zero-order chi connectivity index (χ0) is 19.8. The second-order valence-corrected chi connectivity index (χ2v) is 7.51. The van der Waals surface area contributed by atoms with Crippen molar-refractivity contribution in [1.29, 1.82) is 0 Å². The topological polar surface area (TPSA) is 91.9 Å². The maximum Gasteiger partial charge on any atom is 0.300 e. The molecule has 0 radical (unpaired) electrons. The van der Waals surface area contributed by atoms with Gasteiger partial charge in [0.1, 0.15) is 11.6 Å². The van der Waals surface area contributed by atoms with Crippen molar-refractivity contribution in [3.8, 4) is 11.3 Å². The molecule has 0 bridgehead atoms. The lowest BCUT2D eigenvalue weighted by atomic mass is 10.1. The van der Waals surface area contributed by atoms with E-state index in [0.29, 0.717) is 5.56 Å². The van der Waals surface area contributed by atoms with Gasteiger partial charge in [-0.1, -0.05) is 24.3 Å². The van der Waals surface area contributed by atoms with E-state index < -0.39 is 33.1 Å². The van der Waals surface area contributed by atoms with Gasteiger partial charge in [-0.2, -0.15) is 0 Å². The maximum absolute atomic E-state index is 14.0. The largest absolute Gasteiger partial charge is 0.337 e. The number of hydrogen-bond acceptors (Lipinski definition) is 4. The Morgan fingerprint density at radius 1 is 1.04 bits per heavy atom. The summed E-state index contributed by atoms with van der Waals surface area (Å²) in [6, 6.07) is 9.49. The third-order valence-electron chi connectivity index (χ3n) is 3.91. The fourth-order valence-corrected chi connectivity index (χ4v) is 3.82. The van der Waals surface area contributed by atoms with Crippen LogP contribution < -0.4 is 4.72 Å². The van der Waals surface area contributed by atoms with E-state index in [1.807, 2.05) is 4.72 Å². The number of hydrogen-bond donors (Lipinski definition) is 2. The van der Waals surface area contributed by atoms with Gasteiger partial charge in [0.15, 0.2) is 5.82 Å². The van der Waals surface area contributed by atoms with Gasteiger partial charge in [-0.05, 0) is 37.6 Å². The average Bonchev–Trinajstić information content (AvgIpc) is 2.96. The first-order valence-electron chi connectivity index (χ1n) is 7.84. The Balaban J connectivity index is 1.95. The molecule has 3 rings (SSSR count). The molecule has 0 saturated heterocycles. The molecule has 0 fully saturated rings. The number of nitrogens with one attached hydrogen (secondary N) is 2. The number of aromatic nitrogens is 2. The van der Waals surface area contributed by atoms with E-state index in [1.54, 1.807) is 19.1 Å². The molecular weight excluding hydrogens is 376 g/mol. The number of rotatable bonds is 4. The summed E-state index contributed by atoms with van der Waals surface area (Å²) in [6.07, 6.45) is 0. The quantitative estimate of drug-likeness (QED) is 0.715. The van der Waals surface area contributed by atoms with Crippen LogP contribution in [0, 0.1) is 25.5 Å². The molecule has 1 amide bonds. The molecule has 2 N–H and O–H groups in total. The lowest BCUT2D eigenvalue weighted by molar-refractivity contribution is 0.0972. The minimum atomic E-state index is -4.13. The molecule has 3 aromatic rings. The number of H-pyrrole nitrogens is 1. The highest BCUT2D eigenvalue weighted by molar-refractivity contribution is 7.90. The molecule has 0 saturated carbocycles. The third kappa shape index (κ3) is 3.59. The van der Waals surface area contributed by atoms with Gasteiger partial charge in [-0.25, -0.2) is 26.9 Å². The first-order chi connectivity index (χ1) is 12.7. The highest BCUT2D eigenvalue weighted by Gasteiger charge is 2.24. The number of amides is 1. The summed E-state index contributed by atoms with van der Waals surface area (Å²) in [7, 11) is -4.13. The molecular formula is C18H15F2N3O3S. The molecule has 9 heteroatoms. The Kier molecular flexibility index (Phi) is 4.79. The van der Waals surface area contributed by atoms with Crippen molar-refractivity contribution >= 4 is 15.9 Å². The van der Waals surface area contributed by atoms with Crippen molar-refractivity contribution in [3.05, 3.63) is 71.2 Å². The van der Waals surface area contributed by atoms with Crippen LogP contribution in [0.15, 0.2) is 47.4 Å². The Morgan fingerprint density at radius 2 is 1.67 bits per heavy atom. The minimum Gasteiger partial charge on any atom is -0.337 e. The lowest BCUT2D eigenvalue weighted by Gasteiger charge is -2.07. The van der Waals surface area contributed by atoms with Gasteiger partial charge in [0.25, 0.3) is 10.0 Å². The van der Waals surface area contributed by atoms with Crippen LogP contribution in [0.1, 0.15) is 21.9 Å². The number of imidazole rings is 1. The highest BCUT2D eigenvalue weighted by Crippen LogP contribution is 2.27. The van der Waals surface area contributed by atoms with Gasteiger partial charge in [-0.15, -0.1) is 0 Å². The van der Waals surface area contributed by atoms with Crippen LogP contribution in [0.5, 0.6) is 0 Å². The average molecular weight is 391 g/mol. The van der Waals surface area contributed by atoms with Crippen LogP contribution >= 0.6 is 0 Å². The normalized spacial score (nSPS) is 11.4. The number of aromatic amines is 1. The van der Waals surface area contributed by atoms with E-state index >= 15 is 0 Å². The predicted octanol–water partition coefficient (Wildman–Crippen LogP) is 3.09. The molecule has 0 aliphatic rings. The number of sulfonamides is 1. The summed E-state index contributed by atoms with van der Waals surface area (Å²) in [4.78, 5) is 18.7. The van der Waals surface area contributed by atoms with Crippen LogP contribution in [-0.4, -0.2) is 24.3 Å². The van der Waals surface area contributed by atoms with Gasteiger partial charge in [0, 0.05) is 5.69 Å². The molecule has 1 aromatic heterocycles. The number of aryl methyl sites for hydroxylation is 2. The smallest absolute Gasteiger partial charge is 0.300 e. The lowest BCUT2D eigenvalue weighted by Crippen LogP contribution is -2.31. The Morgan fingerprint density at radius 3 is 2.30 bits per heavy atom. The van der Waals surface area contributed by atoms with E-state index in [2.05, 4.69) is 9.97 Å². The van der Waals surface area contributed by atoms with Crippen molar-refractivity contribution < 1.29 is 22.0 Å². The summed E-state index contributed by atoms with van der Waals surface area (Å²) >= 11 is 0. The van der Waals surface area contributed by atoms with Gasteiger partial charge >= 0.3 is 5.91 Å². The molecule has 0 atom stereocenters. The summed E-state index contributed by atoms with van der Waals surface area (Å²) in [5.41, 5.74) is 0.177. The van der Waals surface area contributed by atoms with Crippen LogP contribution in [0.2, 0.25) is 0 Å². The van der Waals surface area contributed by atoms with Gasteiger partial charge in [0.2, 0.25) is 0 Å². The summed E-state index contributed by atoms with van der Waals surface area (Å²) in [6.45, 7) is 3.07. The first kappa shape index (κ1) is 18.7. The Bertz CT molecular complexity index is 1120. The Hall–Kier alpha value is -3.07. The standard InChI is InChI=1S/C18H15F2N3O3S/c1-10-6-3-4-9-14(10)27(25,26)23-18(24)17-21-11(2)16(22-17)15-12(19)7-5-8-13(15)20/h3-9H,1-2H3,(H,21,22)(H,23,24). The SMILES string of the molecule is Cc1ccccc1S(=O)(=O)NC(=O)c1nc(-c2c(F)cccc2F)c(C)[nH]1. The summed E-state index contributed by atoms with van der Waals surface area (Å²) in [5.74, 6) is -3.10. The number of benzene rings is 2. The molecule has 140 valence electrons. The third-order valence-corrected chi connectivity index (χ3v) is 5.40. The molecule has 1 heterocycles. The zero-order valence-electron chi connectivity index (χ0n) is 14.4. The van der Waals surface area contributed by atoms with Crippen molar-refractivity contribution in [1.82, 2.24) is 14.7 Å². The van der Waals surface area contributed by atoms with Crippen LogP contribution in [0.25, 0.3) is 11.3 Å². The second-order valence-electron chi connectivity index (χ2n) is 5.86. The van der Waals surface area contributed by atoms with Crippen LogP contribution in [0.4, 0.5) is 8.78 Å². The monoisotopic (exact) mass is 391 g/mol. The van der Waals surface area contributed by atoms with Crippen LogP contribution in [0.3, 0.4) is 0 Å². The molecule has 0 aliphatic carbocycles. The molecule has 2 aromatic carbocycles.